The second-order valence-corrected chi connectivity index (χ2v) is 8.09. The minimum absolute atomic E-state index is 0.376. The Labute approximate surface area is 153 Å². The molecule has 1 N–H and O–H groups in total. The maximum Gasteiger partial charge on any atom is 0.115 e. The van der Waals surface area contributed by atoms with Crippen molar-refractivity contribution >= 4 is 11.3 Å². The molecule has 2 nitrogen and oxygen atoms in total. The van der Waals surface area contributed by atoms with Gasteiger partial charge < -0.3 is 5.11 Å². The highest BCUT2D eigenvalue weighted by Gasteiger charge is 2.24. The van der Waals surface area contributed by atoms with E-state index >= 15 is 0 Å². The van der Waals surface area contributed by atoms with Crippen molar-refractivity contribution in [2.75, 3.05) is 6.54 Å². The third-order valence-electron chi connectivity index (χ3n) is 5.24. The van der Waals surface area contributed by atoms with Crippen LogP contribution in [0.25, 0.3) is 10.4 Å². The lowest BCUT2D eigenvalue weighted by Crippen LogP contribution is -2.32. The van der Waals surface area contributed by atoms with Crippen LogP contribution < -0.4 is 0 Å². The van der Waals surface area contributed by atoms with Crippen molar-refractivity contribution in [1.29, 1.82) is 0 Å². The summed E-state index contributed by atoms with van der Waals surface area (Å²) in [6.45, 7) is 6.54. The number of aryl methyl sites for hydroxylation is 1. The lowest BCUT2D eigenvalue weighted by Gasteiger charge is -2.34. The molecule has 4 rings (SSSR count). The Hall–Kier alpha value is -2.10. The molecule has 0 saturated heterocycles. The Balaban J connectivity index is 1.58. The molecule has 0 radical (unpaired) electrons. The number of fused-ring (bicyclic) bond motifs is 1. The first-order valence-corrected chi connectivity index (χ1v) is 9.64. The number of hydrogen-bond acceptors (Lipinski definition) is 3. The minimum atomic E-state index is 0.376. The van der Waals surface area contributed by atoms with Crippen LogP contribution in [-0.2, 0) is 13.0 Å². The number of hydrogen-bond donors (Lipinski definition) is 1. The number of phenols is 1. The molecule has 0 spiro atoms. The summed E-state index contributed by atoms with van der Waals surface area (Å²) >= 11 is 1.89. The largest absolute Gasteiger partial charge is 0.508 e. The Morgan fingerprint density at radius 3 is 2.64 bits per heavy atom. The summed E-state index contributed by atoms with van der Waals surface area (Å²) in [5.41, 5.74) is 5.36. The van der Waals surface area contributed by atoms with Gasteiger partial charge in [-0.25, -0.2) is 0 Å². The van der Waals surface area contributed by atoms with Gasteiger partial charge in [-0.3, -0.25) is 4.90 Å². The van der Waals surface area contributed by atoms with E-state index < -0.39 is 0 Å². The van der Waals surface area contributed by atoms with E-state index in [-0.39, 0.29) is 0 Å². The van der Waals surface area contributed by atoms with Crippen molar-refractivity contribution in [3.05, 3.63) is 76.2 Å². The van der Waals surface area contributed by atoms with Gasteiger partial charge in [0.2, 0.25) is 0 Å². The van der Waals surface area contributed by atoms with Gasteiger partial charge in [0.25, 0.3) is 0 Å². The van der Waals surface area contributed by atoms with Crippen LogP contribution in [0.2, 0.25) is 0 Å². The monoisotopic (exact) mass is 349 g/mol. The first-order valence-electron chi connectivity index (χ1n) is 8.82. The molecule has 1 unspecified atom stereocenters. The molecular formula is C22H23NOS. The molecule has 0 amide bonds. The van der Waals surface area contributed by atoms with E-state index in [0.29, 0.717) is 11.8 Å². The van der Waals surface area contributed by atoms with Crippen LogP contribution in [0.15, 0.2) is 54.6 Å². The van der Waals surface area contributed by atoms with Gasteiger partial charge in [-0.15, -0.1) is 11.3 Å². The summed E-state index contributed by atoms with van der Waals surface area (Å²) in [7, 11) is 0. The number of rotatable bonds is 3. The first-order chi connectivity index (χ1) is 12.1. The van der Waals surface area contributed by atoms with Crippen LogP contribution in [0.5, 0.6) is 5.75 Å². The maximum absolute atomic E-state index is 9.68. The maximum atomic E-state index is 9.68. The fraction of sp³-hybridized carbons (Fsp3) is 0.273. The normalized spacial score (nSPS) is 15.8. The van der Waals surface area contributed by atoms with E-state index in [1.54, 1.807) is 6.07 Å². The van der Waals surface area contributed by atoms with Gasteiger partial charge in [0.15, 0.2) is 0 Å². The molecule has 1 aliphatic heterocycles. The molecule has 25 heavy (non-hydrogen) atoms. The predicted molar refractivity (Wildman–Crippen MR) is 105 cm³/mol. The molecule has 0 aliphatic carbocycles. The van der Waals surface area contributed by atoms with Crippen LogP contribution in [0.1, 0.15) is 34.5 Å². The molecule has 1 atom stereocenters. The average Bonchev–Trinajstić information content (AvgIpc) is 3.03. The van der Waals surface area contributed by atoms with Crippen molar-refractivity contribution in [2.45, 2.75) is 32.9 Å². The molecule has 128 valence electrons. The molecule has 1 aliphatic rings. The van der Waals surface area contributed by atoms with Crippen LogP contribution >= 0.6 is 11.3 Å². The summed E-state index contributed by atoms with van der Waals surface area (Å²) < 4.78 is 0. The summed E-state index contributed by atoms with van der Waals surface area (Å²) in [4.78, 5) is 5.30. The summed E-state index contributed by atoms with van der Waals surface area (Å²) in [6, 6.07) is 19.2. The van der Waals surface area contributed by atoms with Crippen LogP contribution in [-0.4, -0.2) is 16.6 Å². The zero-order chi connectivity index (χ0) is 17.4. The van der Waals surface area contributed by atoms with Crippen LogP contribution in [0.3, 0.4) is 0 Å². The van der Waals surface area contributed by atoms with E-state index in [0.717, 1.165) is 19.5 Å². The van der Waals surface area contributed by atoms with E-state index in [1.165, 1.54) is 32.0 Å². The second kappa shape index (κ2) is 6.66. The number of benzene rings is 2. The van der Waals surface area contributed by atoms with E-state index in [1.807, 2.05) is 17.4 Å². The molecule has 0 fully saturated rings. The van der Waals surface area contributed by atoms with Crippen molar-refractivity contribution in [3.8, 4) is 16.2 Å². The number of aromatic hydroxyl groups is 1. The molecule has 1 aromatic heterocycles. The summed E-state index contributed by atoms with van der Waals surface area (Å²) in [6.07, 6.45) is 1.00. The SMILES string of the molecule is Cc1sc(-c2ccccc2)cc1C(C)N1CCc2cc(O)ccc2C1. The summed E-state index contributed by atoms with van der Waals surface area (Å²) in [5, 5.41) is 9.68. The van der Waals surface area contributed by atoms with Crippen molar-refractivity contribution < 1.29 is 5.11 Å². The zero-order valence-electron chi connectivity index (χ0n) is 14.7. The minimum Gasteiger partial charge on any atom is -0.508 e. The van der Waals surface area contributed by atoms with Crippen molar-refractivity contribution in [2.24, 2.45) is 0 Å². The van der Waals surface area contributed by atoms with E-state index in [9.17, 15) is 5.11 Å². The molecular weight excluding hydrogens is 326 g/mol. The Kier molecular flexibility index (Phi) is 4.36. The number of nitrogens with zero attached hydrogens (tertiary/aromatic N) is 1. The molecule has 3 aromatic rings. The lowest BCUT2D eigenvalue weighted by molar-refractivity contribution is 0.192. The third kappa shape index (κ3) is 3.22. The standard InChI is InChI=1S/C22H23NOS/c1-15(23-11-10-18-12-20(24)9-8-19(18)14-23)21-13-22(25-16(21)2)17-6-4-3-5-7-17/h3-9,12-13,15,24H,10-11,14H2,1-2H3. The third-order valence-corrected chi connectivity index (χ3v) is 6.36. The fourth-order valence-electron chi connectivity index (χ4n) is 3.74. The average molecular weight is 349 g/mol. The quantitative estimate of drug-likeness (QED) is 0.670. The molecule has 3 heteroatoms. The summed E-state index contributed by atoms with van der Waals surface area (Å²) in [5.74, 6) is 0.376. The molecule has 0 saturated carbocycles. The van der Waals surface area contributed by atoms with Gasteiger partial charge in [0, 0.05) is 28.9 Å². The Morgan fingerprint density at radius 2 is 1.84 bits per heavy atom. The van der Waals surface area contributed by atoms with E-state index in [4.69, 9.17) is 0 Å². The smallest absolute Gasteiger partial charge is 0.115 e. The number of thiophene rings is 1. The molecule has 2 aromatic carbocycles. The number of phenolic OH excluding ortho intramolecular Hbond substituents is 1. The van der Waals surface area contributed by atoms with Crippen LogP contribution in [0.4, 0.5) is 0 Å². The highest BCUT2D eigenvalue weighted by Crippen LogP contribution is 2.37. The van der Waals surface area contributed by atoms with Gasteiger partial charge in [-0.1, -0.05) is 36.4 Å². The van der Waals surface area contributed by atoms with Crippen molar-refractivity contribution in [1.82, 2.24) is 4.90 Å². The lowest BCUT2D eigenvalue weighted by atomic mass is 9.96. The highest BCUT2D eigenvalue weighted by atomic mass is 32.1. The molecule has 0 bridgehead atoms. The van der Waals surface area contributed by atoms with Crippen molar-refractivity contribution in [3.63, 3.8) is 0 Å². The van der Waals surface area contributed by atoms with Gasteiger partial charge in [-0.2, -0.15) is 0 Å². The zero-order valence-corrected chi connectivity index (χ0v) is 15.5. The Bertz CT molecular complexity index is 884. The topological polar surface area (TPSA) is 23.5 Å². The van der Waals surface area contributed by atoms with Crippen LogP contribution in [0, 0.1) is 6.92 Å². The Morgan fingerprint density at radius 1 is 1.04 bits per heavy atom. The van der Waals surface area contributed by atoms with Gasteiger partial charge >= 0.3 is 0 Å². The van der Waals surface area contributed by atoms with Gasteiger partial charge in [0.1, 0.15) is 5.75 Å². The second-order valence-electron chi connectivity index (χ2n) is 6.84. The highest BCUT2D eigenvalue weighted by molar-refractivity contribution is 7.15. The van der Waals surface area contributed by atoms with E-state index in [2.05, 4.69) is 61.2 Å². The first kappa shape index (κ1) is 16.4. The predicted octanol–water partition coefficient (Wildman–Crippen LogP) is 5.55. The fourth-order valence-corrected chi connectivity index (χ4v) is 4.86. The molecule has 2 heterocycles. The van der Waals surface area contributed by atoms with Gasteiger partial charge in [-0.05, 0) is 60.7 Å². The van der Waals surface area contributed by atoms with Gasteiger partial charge in [0.05, 0.1) is 0 Å².